The maximum atomic E-state index is 12.0. The van der Waals surface area contributed by atoms with Crippen LogP contribution >= 0.6 is 0 Å². The van der Waals surface area contributed by atoms with Gasteiger partial charge in [0.1, 0.15) is 12.0 Å². The van der Waals surface area contributed by atoms with Gasteiger partial charge in [-0.1, -0.05) is 6.07 Å². The molecule has 1 unspecified atom stereocenters. The fourth-order valence-corrected chi connectivity index (χ4v) is 4.01. The normalized spacial score (nSPS) is 27.4. The van der Waals surface area contributed by atoms with Crippen molar-refractivity contribution >= 4 is 17.4 Å². The van der Waals surface area contributed by atoms with Crippen molar-refractivity contribution in [2.75, 3.05) is 38.2 Å². The number of likely N-dealkylation sites (tertiary alicyclic amines) is 1. The van der Waals surface area contributed by atoms with Gasteiger partial charge < -0.3 is 14.8 Å². The fraction of sp³-hybridized carbons (Fsp3) is 0.529. The molecule has 2 saturated heterocycles. The number of benzene rings is 1. The van der Waals surface area contributed by atoms with Crippen LogP contribution in [0.4, 0.5) is 5.69 Å². The van der Waals surface area contributed by atoms with Gasteiger partial charge in [0.15, 0.2) is 5.79 Å². The van der Waals surface area contributed by atoms with Crippen molar-refractivity contribution < 1.29 is 14.3 Å². The summed E-state index contributed by atoms with van der Waals surface area (Å²) < 4.78 is 11.6. The minimum Gasteiger partial charge on any atom is -0.347 e. The van der Waals surface area contributed by atoms with Crippen molar-refractivity contribution in [2.24, 2.45) is 4.99 Å². The average Bonchev–Trinajstić information content (AvgIpc) is 3.08. The van der Waals surface area contributed by atoms with Gasteiger partial charge in [0.05, 0.1) is 19.8 Å². The summed E-state index contributed by atoms with van der Waals surface area (Å²) in [6.45, 7) is 3.98. The molecule has 1 amide bonds. The van der Waals surface area contributed by atoms with Crippen LogP contribution in [0.2, 0.25) is 0 Å². The quantitative estimate of drug-likeness (QED) is 0.729. The van der Waals surface area contributed by atoms with Crippen LogP contribution in [-0.4, -0.2) is 55.3 Å². The molecule has 1 aromatic carbocycles. The second-order valence-corrected chi connectivity index (χ2v) is 6.85. The summed E-state index contributed by atoms with van der Waals surface area (Å²) in [5, 5.41) is 3.39. The number of hydrazine groups is 1. The number of aliphatic imine (C=N–C) groups is 1. The smallest absolute Gasteiger partial charge is 0.265 e. The van der Waals surface area contributed by atoms with E-state index in [0.29, 0.717) is 18.8 Å². The van der Waals surface area contributed by atoms with Gasteiger partial charge in [-0.05, 0) is 12.1 Å². The van der Waals surface area contributed by atoms with Crippen LogP contribution < -0.4 is 16.2 Å². The van der Waals surface area contributed by atoms with Crippen molar-refractivity contribution in [3.63, 3.8) is 0 Å². The minimum atomic E-state index is -0.352. The molecule has 1 atom stereocenters. The Morgan fingerprint density at radius 1 is 1.24 bits per heavy atom. The van der Waals surface area contributed by atoms with Crippen LogP contribution in [0.3, 0.4) is 0 Å². The maximum absolute atomic E-state index is 12.0. The summed E-state index contributed by atoms with van der Waals surface area (Å²) in [5.41, 5.74) is 8.22. The van der Waals surface area contributed by atoms with E-state index in [9.17, 15) is 4.79 Å². The van der Waals surface area contributed by atoms with Crippen LogP contribution in [0, 0.1) is 0 Å². The number of nitrogens with one attached hydrogen (secondary N) is 3. The number of amides is 1. The van der Waals surface area contributed by atoms with Crippen molar-refractivity contribution in [3.05, 3.63) is 29.3 Å². The molecule has 1 spiro atoms. The molecule has 8 heteroatoms. The first-order valence-corrected chi connectivity index (χ1v) is 8.75. The molecular formula is C17H21N5O3. The molecule has 0 saturated carbocycles. The molecule has 25 heavy (non-hydrogen) atoms. The van der Waals surface area contributed by atoms with Gasteiger partial charge in [-0.15, -0.1) is 0 Å². The molecule has 3 N–H and O–H groups in total. The molecule has 0 bridgehead atoms. The zero-order valence-electron chi connectivity index (χ0n) is 13.9. The number of hydrogen-bond donors (Lipinski definition) is 3. The van der Waals surface area contributed by atoms with Crippen LogP contribution in [0.15, 0.2) is 23.2 Å². The van der Waals surface area contributed by atoms with E-state index in [1.807, 2.05) is 18.2 Å². The van der Waals surface area contributed by atoms with Crippen LogP contribution in [-0.2, 0) is 9.47 Å². The van der Waals surface area contributed by atoms with E-state index < -0.39 is 0 Å². The second-order valence-electron chi connectivity index (χ2n) is 6.85. The number of ether oxygens (including phenoxy) is 2. The first kappa shape index (κ1) is 15.3. The largest absolute Gasteiger partial charge is 0.347 e. The average molecular weight is 343 g/mol. The Morgan fingerprint density at radius 2 is 2.04 bits per heavy atom. The Kier molecular flexibility index (Phi) is 3.53. The summed E-state index contributed by atoms with van der Waals surface area (Å²) >= 11 is 0. The van der Waals surface area contributed by atoms with Gasteiger partial charge in [0.2, 0.25) is 0 Å². The standard InChI is InChI=1S/C17H21N5O3/c23-16-11-2-1-3-12-14(11)15(20-21-16)19-13(18-12)10-22-6-4-17(5-7-22)24-8-9-25-17/h1-3,15,20H,4-10H2,(H,18,19)(H,21,23). The molecular weight excluding hydrogens is 322 g/mol. The molecule has 0 radical (unpaired) electrons. The van der Waals surface area contributed by atoms with Gasteiger partial charge in [-0.3, -0.25) is 15.1 Å². The molecule has 8 nitrogen and oxygen atoms in total. The van der Waals surface area contributed by atoms with Gasteiger partial charge in [0.25, 0.3) is 5.91 Å². The fourth-order valence-electron chi connectivity index (χ4n) is 4.01. The summed E-state index contributed by atoms with van der Waals surface area (Å²) in [5.74, 6) is 0.434. The first-order valence-electron chi connectivity index (χ1n) is 8.75. The molecule has 5 rings (SSSR count). The van der Waals surface area contributed by atoms with Crippen molar-refractivity contribution in [3.8, 4) is 0 Å². The third-order valence-electron chi connectivity index (χ3n) is 5.32. The molecule has 1 aromatic rings. The van der Waals surface area contributed by atoms with E-state index in [4.69, 9.17) is 14.5 Å². The Labute approximate surface area is 145 Å². The Bertz CT molecular complexity index is 734. The maximum Gasteiger partial charge on any atom is 0.265 e. The van der Waals surface area contributed by atoms with Crippen LogP contribution in [0.5, 0.6) is 0 Å². The zero-order chi connectivity index (χ0) is 16.9. The molecule has 2 fully saturated rings. The summed E-state index contributed by atoms with van der Waals surface area (Å²) in [4.78, 5) is 19.1. The lowest BCUT2D eigenvalue weighted by Gasteiger charge is -2.38. The highest BCUT2D eigenvalue weighted by molar-refractivity contribution is 6.04. The Balaban J connectivity index is 1.30. The van der Waals surface area contributed by atoms with E-state index in [1.165, 1.54) is 0 Å². The Morgan fingerprint density at radius 3 is 2.84 bits per heavy atom. The third-order valence-corrected chi connectivity index (χ3v) is 5.32. The highest BCUT2D eigenvalue weighted by atomic mass is 16.7. The van der Waals surface area contributed by atoms with Gasteiger partial charge in [-0.25, -0.2) is 10.4 Å². The minimum absolute atomic E-state index is 0.119. The SMILES string of the molecule is O=C1NNC2N=C(CN3CCC4(CC3)OCCO4)Nc3cccc1c32. The number of anilines is 1. The highest BCUT2D eigenvalue weighted by Crippen LogP contribution is 2.34. The summed E-state index contributed by atoms with van der Waals surface area (Å²) in [6, 6.07) is 5.72. The van der Waals surface area contributed by atoms with E-state index in [1.54, 1.807) is 0 Å². The van der Waals surface area contributed by atoms with Gasteiger partial charge in [0, 0.05) is 42.7 Å². The molecule has 4 aliphatic heterocycles. The van der Waals surface area contributed by atoms with Crippen LogP contribution in [0.25, 0.3) is 0 Å². The highest BCUT2D eigenvalue weighted by Gasteiger charge is 2.40. The first-order chi connectivity index (χ1) is 12.2. The molecule has 0 aromatic heterocycles. The van der Waals surface area contributed by atoms with Gasteiger partial charge in [-0.2, -0.15) is 0 Å². The van der Waals surface area contributed by atoms with E-state index >= 15 is 0 Å². The summed E-state index contributed by atoms with van der Waals surface area (Å²) in [7, 11) is 0. The second kappa shape index (κ2) is 5.77. The predicted molar refractivity (Wildman–Crippen MR) is 91.2 cm³/mol. The topological polar surface area (TPSA) is 87.2 Å². The van der Waals surface area contributed by atoms with Crippen molar-refractivity contribution in [1.29, 1.82) is 0 Å². The number of hydrogen-bond acceptors (Lipinski definition) is 7. The summed E-state index contributed by atoms with van der Waals surface area (Å²) in [6.07, 6.45) is 1.54. The monoisotopic (exact) mass is 343 g/mol. The lowest BCUT2D eigenvalue weighted by Crippen LogP contribution is -2.49. The van der Waals surface area contributed by atoms with Crippen LogP contribution in [0.1, 0.15) is 34.9 Å². The van der Waals surface area contributed by atoms with E-state index in [0.717, 1.165) is 49.6 Å². The molecule has 132 valence electrons. The lowest BCUT2D eigenvalue weighted by atomic mass is 9.99. The number of rotatable bonds is 2. The number of amidine groups is 1. The molecule has 4 heterocycles. The third kappa shape index (κ3) is 2.62. The molecule has 4 aliphatic rings. The van der Waals surface area contributed by atoms with Crippen molar-refractivity contribution in [1.82, 2.24) is 15.8 Å². The number of carbonyl (C=O) groups excluding carboxylic acids is 1. The number of piperidine rings is 1. The van der Waals surface area contributed by atoms with E-state index in [2.05, 4.69) is 21.1 Å². The number of nitrogens with zero attached hydrogens (tertiary/aromatic N) is 2. The zero-order valence-corrected chi connectivity index (χ0v) is 13.9. The predicted octanol–water partition coefficient (Wildman–Crippen LogP) is 0.596. The molecule has 0 aliphatic carbocycles. The van der Waals surface area contributed by atoms with Crippen molar-refractivity contribution in [2.45, 2.75) is 24.8 Å². The van der Waals surface area contributed by atoms with Gasteiger partial charge >= 0.3 is 0 Å². The Hall–Kier alpha value is -2.00. The van der Waals surface area contributed by atoms with E-state index in [-0.39, 0.29) is 17.9 Å². The lowest BCUT2D eigenvalue weighted by molar-refractivity contribution is -0.184. The number of carbonyl (C=O) groups is 1.